The molecule has 0 spiro atoms. The Morgan fingerprint density at radius 1 is 1.39 bits per heavy atom. The first-order valence-corrected chi connectivity index (χ1v) is 8.24. The quantitative estimate of drug-likeness (QED) is 0.804. The normalized spacial score (nSPS) is 20.8. The van der Waals surface area contributed by atoms with Crippen molar-refractivity contribution in [3.8, 4) is 0 Å². The van der Waals surface area contributed by atoms with Gasteiger partial charge in [-0.1, -0.05) is 0 Å². The predicted molar refractivity (Wildman–Crippen MR) is 75.4 cm³/mol. The Bertz CT molecular complexity index is 601. The second kappa shape index (κ2) is 5.04. The zero-order valence-corrected chi connectivity index (χ0v) is 12.3. The summed E-state index contributed by atoms with van der Waals surface area (Å²) in [5.41, 5.74) is 0.244. The molecule has 1 aromatic heterocycles. The van der Waals surface area contributed by atoms with Crippen LogP contribution in [0, 0.1) is 0 Å². The summed E-state index contributed by atoms with van der Waals surface area (Å²) in [6.07, 6.45) is 2.52. The zero-order chi connectivity index (χ0) is 12.5. The first kappa shape index (κ1) is 12.2. The van der Waals surface area contributed by atoms with Crippen LogP contribution in [0.5, 0.6) is 0 Å². The molecule has 0 amide bonds. The first-order valence-electron chi connectivity index (χ1n) is 6.62. The third kappa shape index (κ3) is 2.09. The Morgan fingerprint density at radius 2 is 2.22 bits per heavy atom. The van der Waals surface area contributed by atoms with Crippen molar-refractivity contribution in [1.82, 2.24) is 8.46 Å². The van der Waals surface area contributed by atoms with E-state index in [1.807, 2.05) is 18.2 Å². The van der Waals surface area contributed by atoms with Gasteiger partial charge in [-0.2, -0.15) is 0 Å². The van der Waals surface area contributed by atoms with Gasteiger partial charge in [0.15, 0.2) is 0 Å². The molecule has 1 aliphatic heterocycles. The number of nitrogens with zero attached hydrogens (tertiary/aromatic N) is 2. The number of rotatable bonds is 3. The Balaban J connectivity index is 1.91. The minimum atomic E-state index is 0.190. The third-order valence-corrected chi connectivity index (χ3v) is 6.12. The van der Waals surface area contributed by atoms with E-state index in [-0.39, 0.29) is 20.3 Å². The molecule has 1 saturated heterocycles. The van der Waals surface area contributed by atoms with Gasteiger partial charge in [-0.15, -0.1) is 0 Å². The van der Waals surface area contributed by atoms with Crippen LogP contribution in [0.25, 0.3) is 9.65 Å². The zero-order valence-electron chi connectivity index (χ0n) is 10.6. The van der Waals surface area contributed by atoms with Gasteiger partial charge in [-0.05, 0) is 0 Å². The number of likely N-dealkylation sites (N-methyl/N-ethyl adjacent to an activating group) is 1. The average molecular weight is 309 g/mol. The average Bonchev–Trinajstić information content (AvgIpc) is 2.96. The maximum atomic E-state index is 12.3. The fourth-order valence-corrected chi connectivity index (χ4v) is 5.07. The van der Waals surface area contributed by atoms with Crippen molar-refractivity contribution in [2.75, 3.05) is 13.1 Å². The summed E-state index contributed by atoms with van der Waals surface area (Å²) in [6.45, 7) is 5.43. The van der Waals surface area contributed by atoms with Crippen molar-refractivity contribution in [2.45, 2.75) is 32.4 Å². The van der Waals surface area contributed by atoms with Gasteiger partial charge in [0, 0.05) is 0 Å². The van der Waals surface area contributed by atoms with Crippen molar-refractivity contribution in [2.24, 2.45) is 0 Å². The Hall–Kier alpha value is -0.831. The van der Waals surface area contributed by atoms with Crippen LogP contribution in [0.1, 0.15) is 19.8 Å². The van der Waals surface area contributed by atoms with E-state index in [0.717, 1.165) is 18.5 Å². The number of aromatic nitrogens is 1. The standard InChI is InChI=1S/C14H18N2OSe/c1-2-15-9-5-6-11(15)10-16-14(17)12-7-3-4-8-13(12)18-16/h3-4,7-8,11H,2,5-6,9-10H2,1H3/t11-/m0/s1. The Kier molecular flexibility index (Phi) is 3.42. The molecule has 3 rings (SSSR count). The third-order valence-electron chi connectivity index (χ3n) is 3.83. The van der Waals surface area contributed by atoms with Gasteiger partial charge in [0.1, 0.15) is 0 Å². The van der Waals surface area contributed by atoms with Gasteiger partial charge in [0.05, 0.1) is 0 Å². The van der Waals surface area contributed by atoms with E-state index in [2.05, 4.69) is 21.5 Å². The molecule has 0 unspecified atom stereocenters. The molecule has 0 N–H and O–H groups in total. The number of likely N-dealkylation sites (tertiary alicyclic amines) is 1. The second-order valence-corrected chi connectivity index (χ2v) is 7.11. The van der Waals surface area contributed by atoms with Crippen LogP contribution >= 0.6 is 0 Å². The van der Waals surface area contributed by atoms with Crippen LogP contribution in [-0.2, 0) is 6.54 Å². The van der Waals surface area contributed by atoms with Gasteiger partial charge in [0.2, 0.25) is 0 Å². The molecule has 0 aliphatic carbocycles. The van der Waals surface area contributed by atoms with E-state index in [9.17, 15) is 4.79 Å². The summed E-state index contributed by atoms with van der Waals surface area (Å²) in [7, 11) is 0. The molecule has 18 heavy (non-hydrogen) atoms. The molecule has 1 aromatic carbocycles. The van der Waals surface area contributed by atoms with E-state index in [0.29, 0.717) is 6.04 Å². The molecule has 0 bridgehead atoms. The molecule has 4 heteroatoms. The molecule has 96 valence electrons. The number of hydrogen-bond acceptors (Lipinski definition) is 2. The van der Waals surface area contributed by atoms with E-state index in [4.69, 9.17) is 0 Å². The van der Waals surface area contributed by atoms with Crippen molar-refractivity contribution in [3.05, 3.63) is 34.6 Å². The molecule has 2 heterocycles. The summed E-state index contributed by atoms with van der Waals surface area (Å²) in [5, 5.41) is 0.929. The topological polar surface area (TPSA) is 25.2 Å². The molecule has 0 radical (unpaired) electrons. The summed E-state index contributed by atoms with van der Waals surface area (Å²) >= 11 is 0.190. The van der Waals surface area contributed by atoms with Gasteiger partial charge in [-0.3, -0.25) is 0 Å². The van der Waals surface area contributed by atoms with E-state index >= 15 is 0 Å². The van der Waals surface area contributed by atoms with Crippen molar-refractivity contribution in [1.29, 1.82) is 0 Å². The fraction of sp³-hybridized carbons (Fsp3) is 0.500. The maximum absolute atomic E-state index is 12.3. The summed E-state index contributed by atoms with van der Waals surface area (Å²) in [6, 6.07) is 8.64. The van der Waals surface area contributed by atoms with Crippen molar-refractivity contribution < 1.29 is 0 Å². The van der Waals surface area contributed by atoms with Gasteiger partial charge in [0.25, 0.3) is 0 Å². The van der Waals surface area contributed by atoms with Gasteiger partial charge >= 0.3 is 113 Å². The summed E-state index contributed by atoms with van der Waals surface area (Å²) in [5.74, 6) is 0. The molecular weight excluding hydrogens is 291 g/mol. The monoisotopic (exact) mass is 310 g/mol. The minimum absolute atomic E-state index is 0.190. The van der Waals surface area contributed by atoms with E-state index in [1.165, 1.54) is 23.6 Å². The fourth-order valence-electron chi connectivity index (χ4n) is 2.85. The molecule has 2 aromatic rings. The molecule has 3 nitrogen and oxygen atoms in total. The summed E-state index contributed by atoms with van der Waals surface area (Å²) < 4.78 is 3.33. The van der Waals surface area contributed by atoms with Gasteiger partial charge in [-0.25, -0.2) is 0 Å². The van der Waals surface area contributed by atoms with Gasteiger partial charge < -0.3 is 0 Å². The van der Waals surface area contributed by atoms with E-state index in [1.54, 1.807) is 0 Å². The van der Waals surface area contributed by atoms with E-state index < -0.39 is 0 Å². The first-order chi connectivity index (χ1) is 8.79. The number of benzene rings is 1. The van der Waals surface area contributed by atoms with Crippen LogP contribution in [0.3, 0.4) is 0 Å². The predicted octanol–water partition coefficient (Wildman–Crippen LogP) is 1.54. The number of fused-ring (bicyclic) bond motifs is 1. The molecule has 1 fully saturated rings. The van der Waals surface area contributed by atoms with Crippen LogP contribution in [-0.4, -0.2) is 42.3 Å². The Morgan fingerprint density at radius 3 is 3.00 bits per heavy atom. The second-order valence-electron chi connectivity index (χ2n) is 4.88. The van der Waals surface area contributed by atoms with Crippen molar-refractivity contribution in [3.63, 3.8) is 0 Å². The number of hydrogen-bond donors (Lipinski definition) is 0. The van der Waals surface area contributed by atoms with Crippen LogP contribution in [0.2, 0.25) is 0 Å². The van der Waals surface area contributed by atoms with Crippen LogP contribution < -0.4 is 5.56 Å². The van der Waals surface area contributed by atoms with Crippen LogP contribution in [0.4, 0.5) is 0 Å². The SMILES string of the molecule is CCN1CCC[C@H]1Cn1[se]c2ccccc2c1=O. The van der Waals surface area contributed by atoms with Crippen LogP contribution in [0.15, 0.2) is 29.1 Å². The van der Waals surface area contributed by atoms with Crippen molar-refractivity contribution >= 4 is 24.4 Å². The molecule has 1 aliphatic rings. The molecule has 1 atom stereocenters. The summed E-state index contributed by atoms with van der Waals surface area (Å²) in [4.78, 5) is 14.8. The molecular formula is C14H18N2OSe. The Labute approximate surface area is 113 Å². The molecule has 0 saturated carbocycles.